The highest BCUT2D eigenvalue weighted by Gasteiger charge is 2.11. The van der Waals surface area contributed by atoms with Crippen molar-refractivity contribution >= 4 is 23.8 Å². The van der Waals surface area contributed by atoms with Crippen LogP contribution in [0.5, 0.6) is 0 Å². The molecule has 0 unspecified atom stereocenters. The number of benzene rings is 2. The minimum atomic E-state index is 0.671. The average molecular weight is 475 g/mol. The maximum atomic E-state index is 4.53. The second-order valence-corrected chi connectivity index (χ2v) is 9.14. The lowest BCUT2D eigenvalue weighted by molar-refractivity contribution is 0.841. The van der Waals surface area contributed by atoms with E-state index in [9.17, 15) is 0 Å². The number of anilines is 4. The Morgan fingerprint density at radius 2 is 1.17 bits per heavy atom. The van der Waals surface area contributed by atoms with Crippen LogP contribution in [0, 0.1) is 0 Å². The van der Waals surface area contributed by atoms with Gasteiger partial charge >= 0.3 is 0 Å². The molecule has 4 aromatic rings. The van der Waals surface area contributed by atoms with E-state index >= 15 is 0 Å². The molecule has 2 heterocycles. The van der Waals surface area contributed by atoms with Gasteiger partial charge in [0.1, 0.15) is 0 Å². The van der Waals surface area contributed by atoms with Crippen molar-refractivity contribution in [2.45, 2.75) is 13.0 Å². The predicted octanol–water partition coefficient (Wildman–Crippen LogP) is 3.04. The van der Waals surface area contributed by atoms with Crippen LogP contribution in [-0.2, 0) is 13.0 Å². The number of nitrogens with zero attached hydrogens (tertiary/aromatic N) is 8. The van der Waals surface area contributed by atoms with E-state index < -0.39 is 0 Å². The van der Waals surface area contributed by atoms with Gasteiger partial charge in [-0.05, 0) is 34.7 Å². The summed E-state index contributed by atoms with van der Waals surface area (Å²) >= 11 is 0. The number of nitrogens with one attached hydrogen (secondary N) is 2. The fourth-order valence-corrected chi connectivity index (χ4v) is 3.74. The third-order valence-corrected chi connectivity index (χ3v) is 5.79. The van der Waals surface area contributed by atoms with Crippen LogP contribution in [0.3, 0.4) is 0 Å². The van der Waals surface area contributed by atoms with E-state index in [4.69, 9.17) is 0 Å². The van der Waals surface area contributed by atoms with Crippen LogP contribution < -0.4 is 19.6 Å². The maximum Gasteiger partial charge on any atom is 0.245 e. The molecule has 2 aromatic heterocycles. The predicted molar refractivity (Wildman–Crippen MR) is 142 cm³/mol. The monoisotopic (exact) mass is 474 g/mol. The highest BCUT2D eigenvalue weighted by Crippen LogP contribution is 2.23. The SMILES string of the molecule is CN(C)c1n[nH]c(N(C)CCc2cccc(-c3cccc(CN(C)c4nc(N(C)C)n[nH]4)c3)c2)n1. The van der Waals surface area contributed by atoms with E-state index in [1.807, 2.05) is 52.1 Å². The molecule has 0 fully saturated rings. The maximum absolute atomic E-state index is 4.53. The molecule has 0 aliphatic rings. The molecule has 0 saturated carbocycles. The normalized spacial score (nSPS) is 10.9. The lowest BCUT2D eigenvalue weighted by atomic mass is 10.00. The Bertz CT molecular complexity index is 1240. The molecule has 0 aliphatic heterocycles. The van der Waals surface area contributed by atoms with Crippen molar-refractivity contribution in [3.63, 3.8) is 0 Å². The molecule has 4 rings (SSSR count). The lowest BCUT2D eigenvalue weighted by Crippen LogP contribution is -2.21. The van der Waals surface area contributed by atoms with Gasteiger partial charge in [-0.2, -0.15) is 9.97 Å². The molecule has 0 aliphatic carbocycles. The number of H-pyrrole nitrogens is 2. The van der Waals surface area contributed by atoms with Gasteiger partial charge in [-0.3, -0.25) is 0 Å². The van der Waals surface area contributed by atoms with E-state index in [2.05, 4.69) is 88.7 Å². The average Bonchev–Trinajstić information content (AvgIpc) is 3.54. The van der Waals surface area contributed by atoms with Gasteiger partial charge in [0.25, 0.3) is 0 Å². The summed E-state index contributed by atoms with van der Waals surface area (Å²) < 4.78 is 0. The zero-order valence-corrected chi connectivity index (χ0v) is 21.3. The van der Waals surface area contributed by atoms with Gasteiger partial charge in [0.2, 0.25) is 23.8 Å². The fraction of sp³-hybridized carbons (Fsp3) is 0.360. The van der Waals surface area contributed by atoms with Crippen LogP contribution >= 0.6 is 0 Å². The Balaban J connectivity index is 1.41. The van der Waals surface area contributed by atoms with Gasteiger partial charge in [-0.1, -0.05) is 42.5 Å². The van der Waals surface area contributed by atoms with Crippen molar-refractivity contribution in [3.05, 3.63) is 59.7 Å². The van der Waals surface area contributed by atoms with Crippen LogP contribution in [0.1, 0.15) is 11.1 Å². The van der Waals surface area contributed by atoms with Crippen molar-refractivity contribution in [2.75, 3.05) is 68.4 Å². The Hall–Kier alpha value is -4.08. The molecule has 2 aromatic carbocycles. The first-order chi connectivity index (χ1) is 16.8. The first-order valence-electron chi connectivity index (χ1n) is 11.6. The minimum Gasteiger partial charge on any atom is -0.346 e. The highest BCUT2D eigenvalue weighted by molar-refractivity contribution is 5.65. The van der Waals surface area contributed by atoms with Crippen molar-refractivity contribution in [1.82, 2.24) is 30.4 Å². The molecule has 35 heavy (non-hydrogen) atoms. The Kier molecular flexibility index (Phi) is 7.19. The number of hydrogen-bond donors (Lipinski definition) is 2. The highest BCUT2D eigenvalue weighted by atomic mass is 15.4. The van der Waals surface area contributed by atoms with Crippen molar-refractivity contribution in [3.8, 4) is 11.1 Å². The molecular weight excluding hydrogens is 440 g/mol. The number of aromatic nitrogens is 6. The van der Waals surface area contributed by atoms with Crippen LogP contribution in [0.15, 0.2) is 48.5 Å². The van der Waals surface area contributed by atoms with Gasteiger partial charge in [-0.25, -0.2) is 10.2 Å². The molecule has 0 bridgehead atoms. The van der Waals surface area contributed by atoms with Crippen LogP contribution in [0.2, 0.25) is 0 Å². The third kappa shape index (κ3) is 5.89. The van der Waals surface area contributed by atoms with Crippen LogP contribution in [0.25, 0.3) is 11.1 Å². The van der Waals surface area contributed by atoms with Gasteiger partial charge in [0.15, 0.2) is 0 Å². The molecule has 10 nitrogen and oxygen atoms in total. The van der Waals surface area contributed by atoms with Crippen molar-refractivity contribution in [2.24, 2.45) is 0 Å². The standard InChI is InChI=1S/C25H34N10/c1-32(2)22-26-24(30-28-22)34(5)14-13-18-9-7-11-20(15-18)21-12-8-10-19(16-21)17-35(6)25-27-23(29-31-25)33(3)4/h7-12,15-16H,13-14,17H2,1-6H3,(H,26,28,30)(H,27,29,31). The zero-order valence-electron chi connectivity index (χ0n) is 21.3. The van der Waals surface area contributed by atoms with Gasteiger partial charge in [0.05, 0.1) is 0 Å². The minimum absolute atomic E-state index is 0.671. The van der Waals surface area contributed by atoms with Crippen LogP contribution in [0.4, 0.5) is 23.8 Å². The summed E-state index contributed by atoms with van der Waals surface area (Å²) in [6.45, 7) is 1.56. The molecule has 0 atom stereocenters. The Morgan fingerprint density at radius 1 is 0.657 bits per heavy atom. The van der Waals surface area contributed by atoms with E-state index in [-0.39, 0.29) is 0 Å². The number of aromatic amines is 2. The van der Waals surface area contributed by atoms with Gasteiger partial charge in [0, 0.05) is 55.4 Å². The molecule has 0 spiro atoms. The van der Waals surface area contributed by atoms with Crippen molar-refractivity contribution < 1.29 is 0 Å². The summed E-state index contributed by atoms with van der Waals surface area (Å²) in [5.41, 5.74) is 4.89. The molecule has 0 saturated heterocycles. The van der Waals surface area contributed by atoms with Gasteiger partial charge in [-0.15, -0.1) is 10.2 Å². The van der Waals surface area contributed by atoms with Crippen molar-refractivity contribution in [1.29, 1.82) is 0 Å². The largest absolute Gasteiger partial charge is 0.346 e. The number of likely N-dealkylation sites (N-methyl/N-ethyl adjacent to an activating group) is 1. The first kappa shape index (κ1) is 24.1. The van der Waals surface area contributed by atoms with E-state index in [1.54, 1.807) is 0 Å². The quantitative estimate of drug-likeness (QED) is 0.362. The second kappa shape index (κ2) is 10.5. The summed E-state index contributed by atoms with van der Waals surface area (Å²) in [4.78, 5) is 17.0. The van der Waals surface area contributed by atoms with Gasteiger partial charge < -0.3 is 19.6 Å². The summed E-state index contributed by atoms with van der Waals surface area (Å²) in [6, 6.07) is 17.4. The number of rotatable bonds is 10. The molecule has 0 amide bonds. The smallest absolute Gasteiger partial charge is 0.245 e. The number of hydrogen-bond acceptors (Lipinski definition) is 8. The third-order valence-electron chi connectivity index (χ3n) is 5.79. The molecule has 0 radical (unpaired) electrons. The molecule has 184 valence electrons. The summed E-state index contributed by atoms with van der Waals surface area (Å²) in [7, 11) is 11.8. The molecule has 10 heteroatoms. The fourth-order valence-electron chi connectivity index (χ4n) is 3.74. The van der Waals surface area contributed by atoms with Crippen LogP contribution in [-0.4, -0.2) is 79.2 Å². The topological polar surface area (TPSA) is 96.1 Å². The first-order valence-corrected chi connectivity index (χ1v) is 11.6. The Morgan fingerprint density at radius 3 is 1.71 bits per heavy atom. The Labute approximate surface area is 206 Å². The molecular formula is C25H34N10. The lowest BCUT2D eigenvalue weighted by Gasteiger charge is -2.17. The summed E-state index contributed by atoms with van der Waals surface area (Å²) in [6.07, 6.45) is 0.907. The summed E-state index contributed by atoms with van der Waals surface area (Å²) in [5.74, 6) is 2.87. The van der Waals surface area contributed by atoms with E-state index in [0.29, 0.717) is 11.9 Å². The second-order valence-electron chi connectivity index (χ2n) is 9.14. The molecule has 2 N–H and O–H groups in total. The zero-order chi connectivity index (χ0) is 24.9. The summed E-state index contributed by atoms with van der Waals surface area (Å²) in [5, 5.41) is 14.5. The van der Waals surface area contributed by atoms with E-state index in [1.165, 1.54) is 22.3 Å². The van der Waals surface area contributed by atoms with E-state index in [0.717, 1.165) is 31.4 Å².